The third-order valence-corrected chi connectivity index (χ3v) is 6.50. The highest BCUT2D eigenvalue weighted by atomic mass is 35.5. The summed E-state index contributed by atoms with van der Waals surface area (Å²) < 4.78 is 0. The lowest BCUT2D eigenvalue weighted by atomic mass is 10.1. The van der Waals surface area contributed by atoms with Crippen LogP contribution in [0, 0.1) is 24.0 Å². The zero-order valence-electron chi connectivity index (χ0n) is 19.1. The molecule has 12 heteroatoms. The Morgan fingerprint density at radius 1 is 1.06 bits per heavy atom. The van der Waals surface area contributed by atoms with Gasteiger partial charge in [0.1, 0.15) is 6.33 Å². The van der Waals surface area contributed by atoms with Crippen molar-refractivity contribution in [3.8, 4) is 0 Å². The third kappa shape index (κ3) is 5.23. The summed E-state index contributed by atoms with van der Waals surface area (Å²) in [7, 11) is 0. The maximum absolute atomic E-state index is 12.5. The molecule has 1 aliphatic heterocycles. The van der Waals surface area contributed by atoms with E-state index in [9.17, 15) is 14.9 Å². The average Bonchev–Trinajstić information content (AvgIpc) is 2.84. The number of carbonyl (C=O) groups is 1. The van der Waals surface area contributed by atoms with E-state index in [2.05, 4.69) is 51.7 Å². The lowest BCUT2D eigenvalue weighted by Crippen LogP contribution is -2.47. The summed E-state index contributed by atoms with van der Waals surface area (Å²) >= 11 is 11.9. The predicted octanol–water partition coefficient (Wildman–Crippen LogP) is 4.39. The molecule has 4 rings (SSSR count). The van der Waals surface area contributed by atoms with E-state index in [0.717, 1.165) is 5.69 Å². The van der Waals surface area contributed by atoms with Crippen LogP contribution >= 0.6 is 23.2 Å². The van der Waals surface area contributed by atoms with Crippen LogP contribution in [0.25, 0.3) is 0 Å². The number of benzene rings is 2. The van der Waals surface area contributed by atoms with Gasteiger partial charge in [0.25, 0.3) is 5.91 Å². The quantitative estimate of drug-likeness (QED) is 0.366. The molecule has 2 heterocycles. The Balaban J connectivity index is 1.50. The first-order valence-corrected chi connectivity index (χ1v) is 11.6. The number of hydrogen-bond donors (Lipinski definition) is 2. The second-order valence-electron chi connectivity index (χ2n) is 8.05. The number of amides is 1. The SMILES string of the molecule is Cc1cccc(N2CCN(c3ncnc(NNC(=O)c4ccc(Cl)cc4Cl)c3[N+](=O)[O-])CC2)c1C. The zero-order chi connectivity index (χ0) is 25.1. The van der Waals surface area contributed by atoms with Gasteiger partial charge in [0.2, 0.25) is 11.6 Å². The molecular formula is C23H23Cl2N7O3. The molecule has 0 saturated carbocycles. The molecule has 182 valence electrons. The molecule has 1 aromatic heterocycles. The van der Waals surface area contributed by atoms with Gasteiger partial charge in [-0.1, -0.05) is 35.3 Å². The molecule has 0 radical (unpaired) electrons. The van der Waals surface area contributed by atoms with Crippen LogP contribution in [0.4, 0.5) is 23.0 Å². The van der Waals surface area contributed by atoms with Gasteiger partial charge in [-0.2, -0.15) is 0 Å². The lowest BCUT2D eigenvalue weighted by Gasteiger charge is -2.37. The van der Waals surface area contributed by atoms with Gasteiger partial charge in [0, 0.05) is 36.9 Å². The summed E-state index contributed by atoms with van der Waals surface area (Å²) in [5.74, 6) is -0.537. The molecule has 35 heavy (non-hydrogen) atoms. The van der Waals surface area contributed by atoms with Gasteiger partial charge >= 0.3 is 5.69 Å². The first-order chi connectivity index (χ1) is 16.8. The molecule has 2 N–H and O–H groups in total. The van der Waals surface area contributed by atoms with Gasteiger partial charge in [-0.3, -0.25) is 25.8 Å². The largest absolute Gasteiger partial charge is 0.368 e. The summed E-state index contributed by atoms with van der Waals surface area (Å²) in [6.07, 6.45) is 1.23. The second-order valence-corrected chi connectivity index (χ2v) is 8.89. The van der Waals surface area contributed by atoms with Crippen molar-refractivity contribution < 1.29 is 9.72 Å². The first-order valence-electron chi connectivity index (χ1n) is 10.8. The van der Waals surface area contributed by atoms with E-state index in [1.807, 2.05) is 11.0 Å². The minimum absolute atomic E-state index is 0.129. The van der Waals surface area contributed by atoms with Crippen LogP contribution in [-0.4, -0.2) is 47.0 Å². The minimum Gasteiger partial charge on any atom is -0.368 e. The van der Waals surface area contributed by atoms with Gasteiger partial charge in [0.15, 0.2) is 0 Å². The van der Waals surface area contributed by atoms with Crippen molar-refractivity contribution in [3.63, 3.8) is 0 Å². The van der Waals surface area contributed by atoms with Crippen molar-refractivity contribution in [1.29, 1.82) is 0 Å². The minimum atomic E-state index is -0.594. The van der Waals surface area contributed by atoms with Crippen molar-refractivity contribution >= 4 is 52.1 Å². The second kappa shape index (κ2) is 10.3. The van der Waals surface area contributed by atoms with Crippen LogP contribution in [0.3, 0.4) is 0 Å². The molecule has 0 unspecified atom stereocenters. The number of hydrogen-bond acceptors (Lipinski definition) is 8. The van der Waals surface area contributed by atoms with E-state index in [0.29, 0.717) is 31.2 Å². The molecule has 0 atom stereocenters. The maximum Gasteiger partial charge on any atom is 0.355 e. The van der Waals surface area contributed by atoms with Crippen LogP contribution in [0.2, 0.25) is 10.0 Å². The highest BCUT2D eigenvalue weighted by molar-refractivity contribution is 6.36. The molecule has 10 nitrogen and oxygen atoms in total. The number of nitro groups is 1. The summed E-state index contributed by atoms with van der Waals surface area (Å²) in [4.78, 5) is 36.2. The van der Waals surface area contributed by atoms with Gasteiger partial charge in [-0.25, -0.2) is 9.97 Å². The number of hydrazine groups is 1. The van der Waals surface area contributed by atoms with Crippen molar-refractivity contribution in [2.75, 3.05) is 41.4 Å². The number of halogens is 2. The molecule has 1 fully saturated rings. The molecule has 3 aromatic rings. The Morgan fingerprint density at radius 3 is 2.46 bits per heavy atom. The zero-order valence-corrected chi connectivity index (χ0v) is 20.6. The Kier molecular flexibility index (Phi) is 7.23. The lowest BCUT2D eigenvalue weighted by molar-refractivity contribution is -0.383. The Hall–Kier alpha value is -3.63. The summed E-state index contributed by atoms with van der Waals surface area (Å²) in [5.41, 5.74) is 8.37. The number of rotatable bonds is 6. The van der Waals surface area contributed by atoms with Crippen molar-refractivity contribution in [2.24, 2.45) is 0 Å². The number of aryl methyl sites for hydroxylation is 1. The van der Waals surface area contributed by atoms with E-state index in [4.69, 9.17) is 23.2 Å². The maximum atomic E-state index is 12.5. The van der Waals surface area contributed by atoms with Crippen LogP contribution in [0.5, 0.6) is 0 Å². The number of piperazine rings is 1. The van der Waals surface area contributed by atoms with Crippen molar-refractivity contribution in [2.45, 2.75) is 13.8 Å². The van der Waals surface area contributed by atoms with Gasteiger partial charge in [0.05, 0.1) is 15.5 Å². The first kappa shape index (κ1) is 24.5. The number of nitrogens with zero attached hydrogens (tertiary/aromatic N) is 5. The Labute approximate surface area is 212 Å². The number of nitrogens with one attached hydrogen (secondary N) is 2. The topological polar surface area (TPSA) is 117 Å². The average molecular weight is 516 g/mol. The van der Waals surface area contributed by atoms with E-state index in [1.54, 1.807) is 0 Å². The van der Waals surface area contributed by atoms with E-state index < -0.39 is 10.8 Å². The molecule has 1 amide bonds. The van der Waals surface area contributed by atoms with E-state index in [-0.39, 0.29) is 27.9 Å². The molecule has 0 spiro atoms. The molecule has 0 bridgehead atoms. The third-order valence-electron chi connectivity index (χ3n) is 5.95. The molecule has 1 aliphatic rings. The number of aromatic nitrogens is 2. The monoisotopic (exact) mass is 515 g/mol. The number of carbonyl (C=O) groups excluding carboxylic acids is 1. The van der Waals surface area contributed by atoms with Gasteiger partial charge < -0.3 is 9.80 Å². The highest BCUT2D eigenvalue weighted by Gasteiger charge is 2.30. The Morgan fingerprint density at radius 2 is 1.77 bits per heavy atom. The van der Waals surface area contributed by atoms with Crippen LogP contribution in [-0.2, 0) is 0 Å². The smallest absolute Gasteiger partial charge is 0.355 e. The molecule has 1 saturated heterocycles. The summed E-state index contributed by atoms with van der Waals surface area (Å²) in [5, 5.41) is 12.5. The number of anilines is 3. The fourth-order valence-corrected chi connectivity index (χ4v) is 4.45. The normalized spacial score (nSPS) is 13.5. The molecular weight excluding hydrogens is 493 g/mol. The van der Waals surface area contributed by atoms with E-state index in [1.165, 1.54) is 35.7 Å². The Bertz CT molecular complexity index is 1280. The van der Waals surface area contributed by atoms with Crippen LogP contribution in [0.1, 0.15) is 21.5 Å². The van der Waals surface area contributed by atoms with Crippen molar-refractivity contribution in [1.82, 2.24) is 15.4 Å². The molecule has 0 aliphatic carbocycles. The van der Waals surface area contributed by atoms with Gasteiger partial charge in [-0.05, 0) is 49.2 Å². The summed E-state index contributed by atoms with van der Waals surface area (Å²) in [6.45, 7) is 6.61. The fourth-order valence-electron chi connectivity index (χ4n) is 3.95. The standard InChI is InChI=1S/C23H23Cl2N7O3/c1-14-4-3-5-19(15(14)2)30-8-10-31(11-9-30)22-20(32(34)35)21(26-13-27-22)28-29-23(33)17-7-6-16(24)12-18(17)25/h3-7,12-13H,8-11H2,1-2H3,(H,29,33)(H,26,27,28). The van der Waals surface area contributed by atoms with Gasteiger partial charge in [-0.15, -0.1) is 0 Å². The predicted molar refractivity (Wildman–Crippen MR) is 137 cm³/mol. The van der Waals surface area contributed by atoms with Crippen LogP contribution in [0.15, 0.2) is 42.7 Å². The highest BCUT2D eigenvalue weighted by Crippen LogP contribution is 2.33. The van der Waals surface area contributed by atoms with Crippen LogP contribution < -0.4 is 20.7 Å². The van der Waals surface area contributed by atoms with E-state index >= 15 is 0 Å². The molecule has 2 aromatic carbocycles. The fraction of sp³-hybridized carbons (Fsp3) is 0.261. The van der Waals surface area contributed by atoms with Crippen molar-refractivity contribution in [3.05, 3.63) is 79.6 Å². The summed E-state index contributed by atoms with van der Waals surface area (Å²) in [6, 6.07) is 10.6.